The lowest BCUT2D eigenvalue weighted by Crippen LogP contribution is -2.15. The molecular formula is C25H22N4O4S. The number of aromatic nitrogens is 2. The van der Waals surface area contributed by atoms with Gasteiger partial charge < -0.3 is 10.1 Å². The number of nitrogens with zero attached hydrogens (tertiary/aromatic N) is 2. The quantitative estimate of drug-likeness (QED) is 0.393. The second-order valence-corrected chi connectivity index (χ2v) is 9.21. The first-order valence-electron chi connectivity index (χ1n) is 10.4. The van der Waals surface area contributed by atoms with E-state index in [9.17, 15) is 13.2 Å². The maximum absolute atomic E-state index is 12.8. The van der Waals surface area contributed by atoms with E-state index in [4.69, 9.17) is 4.74 Å². The standard InChI is InChI=1S/C25H22N4O4S/c1-17-4-5-18(2)23(16-17)34(31,32)29-21-8-6-19(7-9-21)24(30)28-20-10-12-22(13-11-20)33-25-26-14-3-15-27-25/h3-16,29H,1-2H3,(H,28,30). The first kappa shape index (κ1) is 22.9. The fourth-order valence-electron chi connectivity index (χ4n) is 3.15. The van der Waals surface area contributed by atoms with Crippen molar-refractivity contribution in [2.24, 2.45) is 0 Å². The van der Waals surface area contributed by atoms with Crippen molar-refractivity contribution < 1.29 is 17.9 Å². The van der Waals surface area contributed by atoms with Crippen molar-refractivity contribution in [3.05, 3.63) is 102 Å². The fraction of sp³-hybridized carbons (Fsp3) is 0.0800. The highest BCUT2D eigenvalue weighted by molar-refractivity contribution is 7.92. The van der Waals surface area contributed by atoms with Crippen LogP contribution in [0.4, 0.5) is 11.4 Å². The lowest BCUT2D eigenvalue weighted by atomic mass is 10.2. The Morgan fingerprint density at radius 1 is 0.853 bits per heavy atom. The number of rotatable bonds is 7. The second-order valence-electron chi connectivity index (χ2n) is 7.56. The molecule has 4 aromatic rings. The monoisotopic (exact) mass is 474 g/mol. The van der Waals surface area contributed by atoms with Crippen molar-refractivity contribution in [2.45, 2.75) is 18.7 Å². The van der Waals surface area contributed by atoms with Crippen molar-refractivity contribution in [1.82, 2.24) is 9.97 Å². The van der Waals surface area contributed by atoms with Gasteiger partial charge in [-0.25, -0.2) is 18.4 Å². The molecule has 1 amide bonds. The van der Waals surface area contributed by atoms with E-state index in [2.05, 4.69) is 20.0 Å². The van der Waals surface area contributed by atoms with Crippen molar-refractivity contribution in [3.63, 3.8) is 0 Å². The van der Waals surface area contributed by atoms with Gasteiger partial charge in [0, 0.05) is 29.3 Å². The number of benzene rings is 3. The van der Waals surface area contributed by atoms with Crippen LogP contribution in [0.5, 0.6) is 11.8 Å². The molecule has 0 spiro atoms. The Hall–Kier alpha value is -4.24. The molecule has 34 heavy (non-hydrogen) atoms. The van der Waals surface area contributed by atoms with Crippen LogP contribution in [0.25, 0.3) is 0 Å². The number of nitrogens with one attached hydrogen (secondary N) is 2. The van der Waals surface area contributed by atoms with E-state index in [0.29, 0.717) is 28.3 Å². The Morgan fingerprint density at radius 2 is 1.50 bits per heavy atom. The third kappa shape index (κ3) is 5.57. The highest BCUT2D eigenvalue weighted by Crippen LogP contribution is 2.22. The number of ether oxygens (including phenoxy) is 1. The van der Waals surface area contributed by atoms with E-state index in [0.717, 1.165) is 5.56 Å². The number of hydrogen-bond donors (Lipinski definition) is 2. The number of sulfonamides is 1. The van der Waals surface area contributed by atoms with Gasteiger partial charge in [0.15, 0.2) is 0 Å². The molecule has 172 valence electrons. The Bertz CT molecular complexity index is 1410. The number of carbonyl (C=O) groups is 1. The van der Waals surface area contributed by atoms with Crippen molar-refractivity contribution >= 4 is 27.3 Å². The van der Waals surface area contributed by atoms with Crippen molar-refractivity contribution in [3.8, 4) is 11.8 Å². The highest BCUT2D eigenvalue weighted by atomic mass is 32.2. The Morgan fingerprint density at radius 3 is 2.18 bits per heavy atom. The van der Waals surface area contributed by atoms with E-state index >= 15 is 0 Å². The van der Waals surface area contributed by atoms with Crippen LogP contribution in [0.3, 0.4) is 0 Å². The largest absolute Gasteiger partial charge is 0.424 e. The highest BCUT2D eigenvalue weighted by Gasteiger charge is 2.17. The SMILES string of the molecule is Cc1ccc(C)c(S(=O)(=O)Nc2ccc(C(=O)Nc3ccc(Oc4ncccn4)cc3)cc2)c1. The normalized spacial score (nSPS) is 11.0. The molecule has 9 heteroatoms. The summed E-state index contributed by atoms with van der Waals surface area (Å²) in [6, 6.07) is 20.2. The summed E-state index contributed by atoms with van der Waals surface area (Å²) in [4.78, 5) is 20.8. The van der Waals surface area contributed by atoms with Gasteiger partial charge in [0.1, 0.15) is 5.75 Å². The number of amides is 1. The molecule has 0 atom stereocenters. The minimum atomic E-state index is -3.75. The summed E-state index contributed by atoms with van der Waals surface area (Å²) >= 11 is 0. The van der Waals surface area contributed by atoms with Gasteiger partial charge >= 0.3 is 6.01 Å². The van der Waals surface area contributed by atoms with Gasteiger partial charge in [-0.15, -0.1) is 0 Å². The molecule has 0 saturated carbocycles. The van der Waals surface area contributed by atoms with Crippen LogP contribution in [0.2, 0.25) is 0 Å². The lowest BCUT2D eigenvalue weighted by molar-refractivity contribution is 0.102. The van der Waals surface area contributed by atoms with E-state index in [1.807, 2.05) is 13.0 Å². The third-order valence-corrected chi connectivity index (χ3v) is 6.42. The first-order chi connectivity index (χ1) is 16.3. The molecule has 0 aliphatic rings. The van der Waals surface area contributed by atoms with Gasteiger partial charge in [-0.3, -0.25) is 9.52 Å². The number of anilines is 2. The van der Waals surface area contributed by atoms with Crippen molar-refractivity contribution in [1.29, 1.82) is 0 Å². The smallest absolute Gasteiger partial charge is 0.321 e. The van der Waals surface area contributed by atoms with Crippen LogP contribution in [0.15, 0.2) is 90.1 Å². The molecule has 0 bridgehead atoms. The zero-order valence-electron chi connectivity index (χ0n) is 18.5. The second kappa shape index (κ2) is 9.72. The van der Waals surface area contributed by atoms with Crippen LogP contribution >= 0.6 is 0 Å². The van der Waals surface area contributed by atoms with E-state index < -0.39 is 10.0 Å². The summed E-state index contributed by atoms with van der Waals surface area (Å²) in [6.45, 7) is 3.58. The van der Waals surface area contributed by atoms with Gasteiger partial charge in [0.25, 0.3) is 15.9 Å². The topological polar surface area (TPSA) is 110 Å². The number of carbonyl (C=O) groups excluding carboxylic acids is 1. The Kier molecular flexibility index (Phi) is 6.55. The van der Waals surface area contributed by atoms with Gasteiger partial charge in [0.2, 0.25) is 0 Å². The molecule has 1 aromatic heterocycles. The molecule has 0 aliphatic carbocycles. The molecule has 8 nitrogen and oxygen atoms in total. The minimum Gasteiger partial charge on any atom is -0.424 e. The maximum atomic E-state index is 12.8. The zero-order valence-corrected chi connectivity index (χ0v) is 19.3. The van der Waals surface area contributed by atoms with Gasteiger partial charge in [-0.1, -0.05) is 12.1 Å². The van der Waals surface area contributed by atoms with Crippen LogP contribution in [0.1, 0.15) is 21.5 Å². The molecule has 0 saturated heterocycles. The summed E-state index contributed by atoms with van der Waals surface area (Å²) in [6.07, 6.45) is 3.16. The van der Waals surface area contributed by atoms with Crippen LogP contribution in [-0.2, 0) is 10.0 Å². The summed E-state index contributed by atoms with van der Waals surface area (Å²) < 4.78 is 33.6. The molecule has 0 fully saturated rings. The van der Waals surface area contributed by atoms with E-state index in [1.165, 1.54) is 0 Å². The summed E-state index contributed by atoms with van der Waals surface area (Å²) in [5.74, 6) is 0.202. The van der Waals surface area contributed by atoms with Crippen molar-refractivity contribution in [2.75, 3.05) is 10.0 Å². The predicted molar refractivity (Wildman–Crippen MR) is 130 cm³/mol. The molecule has 0 radical (unpaired) electrons. The van der Waals surface area contributed by atoms with Crippen LogP contribution in [-0.4, -0.2) is 24.3 Å². The summed E-state index contributed by atoms with van der Waals surface area (Å²) in [7, 11) is -3.75. The minimum absolute atomic E-state index is 0.223. The molecule has 3 aromatic carbocycles. The number of hydrogen-bond acceptors (Lipinski definition) is 6. The predicted octanol–water partition coefficient (Wildman–Crippen LogP) is 4.94. The van der Waals surface area contributed by atoms with Gasteiger partial charge in [-0.05, 0) is 85.6 Å². The Labute approximate surface area is 197 Å². The molecule has 4 rings (SSSR count). The molecule has 0 aliphatic heterocycles. The zero-order chi connectivity index (χ0) is 24.1. The number of aryl methyl sites for hydroxylation is 2. The van der Waals surface area contributed by atoms with Gasteiger partial charge in [-0.2, -0.15) is 0 Å². The Balaban J connectivity index is 1.40. The molecule has 0 unspecified atom stereocenters. The van der Waals surface area contributed by atoms with Crippen LogP contribution < -0.4 is 14.8 Å². The van der Waals surface area contributed by atoms with E-state index in [-0.39, 0.29) is 16.8 Å². The maximum Gasteiger partial charge on any atom is 0.321 e. The summed E-state index contributed by atoms with van der Waals surface area (Å²) in [5.41, 5.74) is 2.83. The molecule has 2 N–H and O–H groups in total. The molecular weight excluding hydrogens is 452 g/mol. The van der Waals surface area contributed by atoms with E-state index in [1.54, 1.807) is 86.0 Å². The third-order valence-electron chi connectivity index (χ3n) is 4.90. The average Bonchev–Trinajstić information content (AvgIpc) is 2.82. The molecule has 1 heterocycles. The first-order valence-corrected chi connectivity index (χ1v) is 11.8. The fourth-order valence-corrected chi connectivity index (χ4v) is 4.54. The lowest BCUT2D eigenvalue weighted by Gasteiger charge is -2.12. The van der Waals surface area contributed by atoms with Crippen LogP contribution in [0, 0.1) is 13.8 Å². The average molecular weight is 475 g/mol. The van der Waals surface area contributed by atoms with Gasteiger partial charge in [0.05, 0.1) is 4.90 Å². The summed E-state index contributed by atoms with van der Waals surface area (Å²) in [5, 5.41) is 2.79.